The highest BCUT2D eigenvalue weighted by Crippen LogP contribution is 2.27. The van der Waals surface area contributed by atoms with Crippen molar-refractivity contribution in [3.05, 3.63) is 36.0 Å². The van der Waals surface area contributed by atoms with E-state index < -0.39 is 5.60 Å². The van der Waals surface area contributed by atoms with Crippen LogP contribution in [-0.2, 0) is 22.3 Å². The Balaban J connectivity index is 1.93. The molecule has 1 aromatic heterocycles. The van der Waals surface area contributed by atoms with Crippen molar-refractivity contribution in [2.24, 2.45) is 0 Å². The molecule has 5 nitrogen and oxygen atoms in total. The lowest BCUT2D eigenvalue weighted by Gasteiger charge is -2.31. The van der Waals surface area contributed by atoms with Crippen molar-refractivity contribution in [3.8, 4) is 0 Å². The molecule has 0 bridgehead atoms. The van der Waals surface area contributed by atoms with Crippen molar-refractivity contribution < 1.29 is 14.3 Å². The van der Waals surface area contributed by atoms with Crippen molar-refractivity contribution in [3.63, 3.8) is 0 Å². The predicted molar refractivity (Wildman–Crippen MR) is 105 cm³/mol. The molecular formula is C21H32N2O3. The number of fused-ring (bicyclic) bond motifs is 1. The fraction of sp³-hybridized carbons (Fsp3) is 0.619. The summed E-state index contributed by atoms with van der Waals surface area (Å²) in [6.07, 6.45) is 7.27. The summed E-state index contributed by atoms with van der Waals surface area (Å²) in [6, 6.07) is 4.16. The Morgan fingerprint density at radius 3 is 2.81 bits per heavy atom. The number of ether oxygens (including phenoxy) is 2. The Morgan fingerprint density at radius 1 is 1.31 bits per heavy atom. The maximum atomic E-state index is 12.5. The molecule has 0 fully saturated rings. The van der Waals surface area contributed by atoms with Crippen LogP contribution in [0.15, 0.2) is 24.8 Å². The second-order valence-corrected chi connectivity index (χ2v) is 7.67. The highest BCUT2D eigenvalue weighted by molar-refractivity contribution is 5.88. The molecule has 0 spiro atoms. The summed E-state index contributed by atoms with van der Waals surface area (Å²) in [4.78, 5) is 18.9. The Morgan fingerprint density at radius 2 is 2.08 bits per heavy atom. The van der Waals surface area contributed by atoms with Crippen LogP contribution in [0.1, 0.15) is 57.7 Å². The topological polar surface area (TPSA) is 51.7 Å². The van der Waals surface area contributed by atoms with E-state index in [1.54, 1.807) is 4.90 Å². The second-order valence-electron chi connectivity index (χ2n) is 7.67. The minimum Gasteiger partial charge on any atom is -0.443 e. The third-order valence-corrected chi connectivity index (χ3v) is 4.13. The van der Waals surface area contributed by atoms with Crippen LogP contribution < -0.4 is 4.90 Å². The molecule has 1 aliphatic rings. The van der Waals surface area contributed by atoms with Gasteiger partial charge in [0.15, 0.2) is 0 Å². The maximum Gasteiger partial charge on any atom is 0.416 e. The Hall–Kier alpha value is -1.88. The van der Waals surface area contributed by atoms with Crippen LogP contribution in [-0.4, -0.2) is 36.4 Å². The smallest absolute Gasteiger partial charge is 0.416 e. The zero-order valence-corrected chi connectivity index (χ0v) is 16.4. The van der Waals surface area contributed by atoms with Crippen LogP contribution in [0.3, 0.4) is 0 Å². The summed E-state index contributed by atoms with van der Waals surface area (Å²) < 4.78 is 11.2. The largest absolute Gasteiger partial charge is 0.443 e. The maximum absolute atomic E-state index is 12.5. The van der Waals surface area contributed by atoms with Gasteiger partial charge in [-0.05, 0) is 70.9 Å². The summed E-state index contributed by atoms with van der Waals surface area (Å²) in [5, 5.41) is 0. The fourth-order valence-corrected chi connectivity index (χ4v) is 2.90. The van der Waals surface area contributed by atoms with E-state index in [9.17, 15) is 4.79 Å². The van der Waals surface area contributed by atoms with Crippen molar-refractivity contribution in [2.45, 2.75) is 64.9 Å². The molecular weight excluding hydrogens is 328 g/mol. The number of rotatable bonds is 8. The van der Waals surface area contributed by atoms with Gasteiger partial charge in [-0.1, -0.05) is 12.1 Å². The van der Waals surface area contributed by atoms with Gasteiger partial charge in [-0.15, -0.1) is 6.58 Å². The Kier molecular flexibility index (Phi) is 7.64. The molecule has 0 radical (unpaired) electrons. The van der Waals surface area contributed by atoms with E-state index in [0.717, 1.165) is 68.8 Å². The first-order valence-corrected chi connectivity index (χ1v) is 9.58. The normalized spacial score (nSPS) is 14.0. The lowest BCUT2D eigenvalue weighted by atomic mass is 10.0. The minimum atomic E-state index is -0.505. The number of carbonyl (C=O) groups excluding carboxylic acids is 1. The summed E-state index contributed by atoms with van der Waals surface area (Å²) in [6.45, 7) is 11.5. The number of anilines is 1. The van der Waals surface area contributed by atoms with E-state index >= 15 is 0 Å². The second kappa shape index (κ2) is 9.72. The number of hydrogen-bond donors (Lipinski definition) is 0. The summed E-state index contributed by atoms with van der Waals surface area (Å²) in [5.74, 6) is 0.759. The van der Waals surface area contributed by atoms with E-state index in [1.165, 1.54) is 0 Å². The van der Waals surface area contributed by atoms with Gasteiger partial charge < -0.3 is 9.47 Å². The molecule has 26 heavy (non-hydrogen) atoms. The first kappa shape index (κ1) is 20.4. The van der Waals surface area contributed by atoms with Crippen LogP contribution in [0.25, 0.3) is 0 Å². The summed E-state index contributed by atoms with van der Waals surface area (Å²) in [7, 11) is 0. The van der Waals surface area contributed by atoms with Crippen LogP contribution in [0, 0.1) is 0 Å². The molecule has 2 rings (SSSR count). The van der Waals surface area contributed by atoms with Gasteiger partial charge in [0.25, 0.3) is 0 Å². The molecule has 0 N–H and O–H groups in total. The van der Waals surface area contributed by atoms with E-state index in [0.29, 0.717) is 6.54 Å². The van der Waals surface area contributed by atoms with E-state index in [2.05, 4.69) is 18.7 Å². The minimum absolute atomic E-state index is 0.311. The average Bonchev–Trinajstić information content (AvgIpc) is 2.59. The number of unbranched alkanes of at least 4 members (excludes halogenated alkanes) is 1. The average molecular weight is 360 g/mol. The van der Waals surface area contributed by atoms with Crippen molar-refractivity contribution >= 4 is 11.9 Å². The molecule has 2 heterocycles. The zero-order chi connectivity index (χ0) is 19.0. The monoisotopic (exact) mass is 360 g/mol. The summed E-state index contributed by atoms with van der Waals surface area (Å²) >= 11 is 0. The van der Waals surface area contributed by atoms with Crippen molar-refractivity contribution in [1.82, 2.24) is 4.98 Å². The molecule has 0 aliphatic carbocycles. The molecule has 0 atom stereocenters. The first-order chi connectivity index (χ1) is 12.4. The van der Waals surface area contributed by atoms with Crippen LogP contribution in [0.5, 0.6) is 0 Å². The molecule has 0 saturated carbocycles. The van der Waals surface area contributed by atoms with E-state index in [4.69, 9.17) is 14.5 Å². The molecule has 0 aromatic carbocycles. The molecule has 0 unspecified atom stereocenters. The van der Waals surface area contributed by atoms with E-state index in [1.807, 2.05) is 26.8 Å². The molecule has 0 saturated heterocycles. The van der Waals surface area contributed by atoms with Crippen molar-refractivity contribution in [2.75, 3.05) is 24.7 Å². The van der Waals surface area contributed by atoms with Gasteiger partial charge in [-0.2, -0.15) is 0 Å². The van der Waals surface area contributed by atoms with Gasteiger partial charge >= 0.3 is 6.09 Å². The van der Waals surface area contributed by atoms with Gasteiger partial charge in [0, 0.05) is 25.5 Å². The molecule has 1 amide bonds. The number of amides is 1. The third-order valence-electron chi connectivity index (χ3n) is 4.13. The lowest BCUT2D eigenvalue weighted by Crippen LogP contribution is -2.40. The number of allylic oxidation sites excluding steroid dienone is 1. The number of carbonyl (C=O) groups is 1. The van der Waals surface area contributed by atoms with Gasteiger partial charge in [0.1, 0.15) is 11.4 Å². The molecule has 5 heteroatoms. The van der Waals surface area contributed by atoms with Gasteiger partial charge in [-0.3, -0.25) is 4.90 Å². The number of hydrogen-bond acceptors (Lipinski definition) is 4. The van der Waals surface area contributed by atoms with Gasteiger partial charge in [0.05, 0.1) is 0 Å². The van der Waals surface area contributed by atoms with Gasteiger partial charge in [0.2, 0.25) is 0 Å². The highest BCUT2D eigenvalue weighted by Gasteiger charge is 2.28. The summed E-state index contributed by atoms with van der Waals surface area (Å²) in [5.41, 5.74) is 1.61. The third kappa shape index (κ3) is 6.45. The number of aryl methyl sites for hydroxylation is 2. The number of nitrogens with zero attached hydrogens (tertiary/aromatic N) is 2. The SMILES string of the molecule is C=CCCCOCCCc1ccc2c(n1)N(C(=O)OC(C)(C)C)CCC2. The standard InChI is InChI=1S/C21H32N2O3/c1-5-6-7-15-25-16-9-11-18-13-12-17-10-8-14-23(19(17)22-18)20(24)26-21(2,3)4/h5,12-13H,1,6-11,14-16H2,2-4H3. The van der Waals surface area contributed by atoms with Crippen LogP contribution in [0.4, 0.5) is 10.6 Å². The number of pyridine rings is 1. The molecule has 1 aliphatic heterocycles. The first-order valence-electron chi connectivity index (χ1n) is 9.58. The predicted octanol–water partition coefficient (Wildman–Crippen LogP) is 4.68. The zero-order valence-electron chi connectivity index (χ0n) is 16.4. The fourth-order valence-electron chi connectivity index (χ4n) is 2.90. The van der Waals surface area contributed by atoms with Crippen LogP contribution in [0.2, 0.25) is 0 Å². The van der Waals surface area contributed by atoms with E-state index in [-0.39, 0.29) is 6.09 Å². The van der Waals surface area contributed by atoms with Crippen LogP contribution >= 0.6 is 0 Å². The molecule has 144 valence electrons. The van der Waals surface area contributed by atoms with Gasteiger partial charge in [-0.25, -0.2) is 9.78 Å². The quantitative estimate of drug-likeness (QED) is 0.499. The van der Waals surface area contributed by atoms with Crippen molar-refractivity contribution in [1.29, 1.82) is 0 Å². The Bertz CT molecular complexity index is 608. The highest BCUT2D eigenvalue weighted by atomic mass is 16.6. The molecule has 1 aromatic rings. The number of aromatic nitrogens is 1. The Labute approximate surface area is 157 Å². The lowest BCUT2D eigenvalue weighted by molar-refractivity contribution is 0.0576.